The Balaban J connectivity index is 1.70. The van der Waals surface area contributed by atoms with E-state index in [1.54, 1.807) is 12.1 Å². The Hall–Kier alpha value is -2.00. The topological polar surface area (TPSA) is 98.4 Å². The number of nitrogens with zero attached hydrogens (tertiary/aromatic N) is 4. The maximum absolute atomic E-state index is 12.4. The maximum atomic E-state index is 12.4. The van der Waals surface area contributed by atoms with Gasteiger partial charge in [-0.3, -0.25) is 0 Å². The van der Waals surface area contributed by atoms with Crippen LogP contribution < -0.4 is 4.74 Å². The van der Waals surface area contributed by atoms with Crippen molar-refractivity contribution in [1.29, 1.82) is 0 Å². The van der Waals surface area contributed by atoms with Crippen LogP contribution in [0.3, 0.4) is 0 Å². The van der Waals surface area contributed by atoms with Crippen molar-refractivity contribution in [2.24, 2.45) is 0 Å². The van der Waals surface area contributed by atoms with Crippen LogP contribution >= 0.6 is 0 Å². The molecule has 1 fully saturated rings. The van der Waals surface area contributed by atoms with Crippen LogP contribution in [0, 0.1) is 6.92 Å². The minimum atomic E-state index is -3.59. The lowest BCUT2D eigenvalue weighted by Crippen LogP contribution is -2.44. The summed E-state index contributed by atoms with van der Waals surface area (Å²) in [7, 11) is -3.59. The van der Waals surface area contributed by atoms with Crippen LogP contribution in [0.5, 0.6) is 5.88 Å². The first-order valence-electron chi connectivity index (χ1n) is 6.92. The normalized spacial score (nSPS) is 20.0. The van der Waals surface area contributed by atoms with Crippen LogP contribution in [0.1, 0.15) is 18.5 Å². The highest BCUT2D eigenvalue weighted by Gasteiger charge is 2.32. The van der Waals surface area contributed by atoms with Crippen molar-refractivity contribution in [3.05, 3.63) is 30.3 Å². The molecule has 22 heavy (non-hydrogen) atoms. The van der Waals surface area contributed by atoms with Gasteiger partial charge in [-0.1, -0.05) is 5.16 Å². The number of hydrogen-bond acceptors (Lipinski definition) is 7. The van der Waals surface area contributed by atoms with E-state index in [1.807, 2.05) is 6.92 Å². The summed E-state index contributed by atoms with van der Waals surface area (Å²) in [6, 6.07) is 3.53. The zero-order chi connectivity index (χ0) is 15.6. The average Bonchev–Trinajstić information content (AvgIpc) is 3.05. The number of ether oxygens (including phenoxy) is 1. The second-order valence-corrected chi connectivity index (χ2v) is 7.06. The molecule has 0 amide bonds. The molecular formula is C13H16N4O4S. The van der Waals surface area contributed by atoms with Gasteiger partial charge in [-0.25, -0.2) is 8.42 Å². The molecule has 1 aliphatic rings. The summed E-state index contributed by atoms with van der Waals surface area (Å²) in [5.41, 5.74) is 0.799. The van der Waals surface area contributed by atoms with Crippen molar-refractivity contribution in [2.45, 2.75) is 30.8 Å². The summed E-state index contributed by atoms with van der Waals surface area (Å²) >= 11 is 0. The summed E-state index contributed by atoms with van der Waals surface area (Å²) in [5.74, 6) is 0.403. The van der Waals surface area contributed by atoms with Gasteiger partial charge < -0.3 is 9.26 Å². The molecule has 0 spiro atoms. The maximum Gasteiger partial charge on any atom is 0.248 e. The quantitative estimate of drug-likeness (QED) is 0.827. The van der Waals surface area contributed by atoms with Crippen LogP contribution in [0.25, 0.3) is 0 Å². The molecule has 2 aromatic heterocycles. The van der Waals surface area contributed by atoms with E-state index >= 15 is 0 Å². The number of aromatic nitrogens is 3. The van der Waals surface area contributed by atoms with E-state index < -0.39 is 10.0 Å². The van der Waals surface area contributed by atoms with Crippen molar-refractivity contribution in [2.75, 3.05) is 13.1 Å². The van der Waals surface area contributed by atoms with Crippen molar-refractivity contribution in [1.82, 2.24) is 19.7 Å². The third kappa shape index (κ3) is 3.09. The van der Waals surface area contributed by atoms with Crippen molar-refractivity contribution in [3.8, 4) is 5.88 Å². The van der Waals surface area contributed by atoms with Crippen LogP contribution in [-0.4, -0.2) is 47.3 Å². The minimum Gasteiger partial charge on any atom is -0.472 e. The van der Waals surface area contributed by atoms with Crippen molar-refractivity contribution >= 4 is 10.0 Å². The number of aryl methyl sites for hydroxylation is 1. The summed E-state index contributed by atoms with van der Waals surface area (Å²) in [4.78, 5) is 0.0586. The first-order chi connectivity index (χ1) is 10.6. The molecule has 1 unspecified atom stereocenters. The Bertz CT molecular complexity index is 715. The Morgan fingerprint density at radius 3 is 2.91 bits per heavy atom. The van der Waals surface area contributed by atoms with Crippen LogP contribution in [0.15, 0.2) is 34.0 Å². The van der Waals surface area contributed by atoms with Gasteiger partial charge in [0, 0.05) is 12.6 Å². The minimum absolute atomic E-state index is 0.0586. The fraction of sp³-hybridized carbons (Fsp3) is 0.462. The Kier molecular flexibility index (Phi) is 4.08. The van der Waals surface area contributed by atoms with Gasteiger partial charge in [-0.2, -0.15) is 9.40 Å². The molecular weight excluding hydrogens is 308 g/mol. The molecule has 1 atom stereocenters. The Morgan fingerprint density at radius 1 is 1.36 bits per heavy atom. The van der Waals surface area contributed by atoms with Gasteiger partial charge in [-0.15, -0.1) is 5.10 Å². The molecule has 2 aromatic rings. The Labute approximate surface area is 128 Å². The third-order valence-electron chi connectivity index (χ3n) is 3.45. The lowest BCUT2D eigenvalue weighted by molar-refractivity contribution is 0.123. The second-order valence-electron chi connectivity index (χ2n) is 5.12. The Morgan fingerprint density at radius 2 is 2.23 bits per heavy atom. The third-order valence-corrected chi connectivity index (χ3v) is 5.26. The smallest absolute Gasteiger partial charge is 0.248 e. The zero-order valence-electron chi connectivity index (χ0n) is 12.0. The molecule has 0 saturated carbocycles. The molecule has 1 saturated heterocycles. The largest absolute Gasteiger partial charge is 0.472 e. The van der Waals surface area contributed by atoms with Gasteiger partial charge in [0.1, 0.15) is 17.3 Å². The van der Waals surface area contributed by atoms with E-state index in [1.165, 1.54) is 10.5 Å². The van der Waals surface area contributed by atoms with Gasteiger partial charge in [0.25, 0.3) is 0 Å². The average molecular weight is 324 g/mol. The van der Waals surface area contributed by atoms with E-state index in [-0.39, 0.29) is 17.5 Å². The van der Waals surface area contributed by atoms with Gasteiger partial charge >= 0.3 is 0 Å². The van der Waals surface area contributed by atoms with E-state index in [0.29, 0.717) is 18.8 Å². The molecule has 118 valence electrons. The highest BCUT2D eigenvalue weighted by molar-refractivity contribution is 7.89. The molecule has 1 aliphatic heterocycles. The number of sulfonamides is 1. The summed E-state index contributed by atoms with van der Waals surface area (Å²) in [6.45, 7) is 2.56. The fourth-order valence-electron chi connectivity index (χ4n) is 2.31. The molecule has 3 rings (SSSR count). The first kappa shape index (κ1) is 14.9. The number of rotatable bonds is 4. The van der Waals surface area contributed by atoms with Crippen molar-refractivity contribution < 1.29 is 17.7 Å². The van der Waals surface area contributed by atoms with E-state index in [4.69, 9.17) is 4.74 Å². The molecule has 0 N–H and O–H groups in total. The standard InChI is InChI=1S/C13H16N4O4S/c1-10-4-5-13(16-15-10)21-11-3-2-6-17(8-11)22(18,19)12-7-14-20-9-12/h4-5,7,9,11H,2-3,6,8H2,1H3. The molecule has 9 heteroatoms. The lowest BCUT2D eigenvalue weighted by Gasteiger charge is -2.31. The highest BCUT2D eigenvalue weighted by atomic mass is 32.2. The van der Waals surface area contributed by atoms with Gasteiger partial charge in [0.05, 0.1) is 18.4 Å². The summed E-state index contributed by atoms with van der Waals surface area (Å²) in [6.07, 6.45) is 3.57. The summed E-state index contributed by atoms with van der Waals surface area (Å²) < 4.78 is 36.6. The summed E-state index contributed by atoms with van der Waals surface area (Å²) in [5, 5.41) is 11.3. The molecule has 3 heterocycles. The van der Waals surface area contributed by atoms with E-state index in [0.717, 1.165) is 18.4 Å². The molecule has 0 bridgehead atoms. The van der Waals surface area contributed by atoms with E-state index in [9.17, 15) is 8.42 Å². The van der Waals surface area contributed by atoms with Gasteiger partial charge in [0.15, 0.2) is 0 Å². The van der Waals surface area contributed by atoms with Crippen molar-refractivity contribution in [3.63, 3.8) is 0 Å². The highest BCUT2D eigenvalue weighted by Crippen LogP contribution is 2.22. The van der Waals surface area contributed by atoms with Crippen LogP contribution in [-0.2, 0) is 10.0 Å². The SMILES string of the molecule is Cc1ccc(OC2CCCN(S(=O)(=O)c3cnoc3)C2)nn1. The molecule has 0 aliphatic carbocycles. The van der Waals surface area contributed by atoms with Crippen LogP contribution in [0.2, 0.25) is 0 Å². The van der Waals surface area contributed by atoms with Gasteiger partial charge in [-0.05, 0) is 25.8 Å². The molecule has 8 nitrogen and oxygen atoms in total. The zero-order valence-corrected chi connectivity index (χ0v) is 12.9. The van der Waals surface area contributed by atoms with Gasteiger partial charge in [0.2, 0.25) is 15.9 Å². The second kappa shape index (κ2) is 6.01. The monoisotopic (exact) mass is 324 g/mol. The predicted molar refractivity (Wildman–Crippen MR) is 75.7 cm³/mol. The van der Waals surface area contributed by atoms with Crippen LogP contribution in [0.4, 0.5) is 0 Å². The lowest BCUT2D eigenvalue weighted by atomic mass is 10.1. The first-order valence-corrected chi connectivity index (χ1v) is 8.36. The molecule has 0 aromatic carbocycles. The van der Waals surface area contributed by atoms with E-state index in [2.05, 4.69) is 19.9 Å². The number of piperidine rings is 1. The fourth-order valence-corrected chi connectivity index (χ4v) is 3.68. The number of hydrogen-bond donors (Lipinski definition) is 0. The molecule has 0 radical (unpaired) electrons. The predicted octanol–water partition coefficient (Wildman–Crippen LogP) is 1.01.